The van der Waals surface area contributed by atoms with Crippen LogP contribution >= 0.6 is 0 Å². The summed E-state index contributed by atoms with van der Waals surface area (Å²) in [6, 6.07) is 7.90. The lowest BCUT2D eigenvalue weighted by molar-refractivity contribution is -0.120. The number of carbonyl (C=O) groups is 1. The van der Waals surface area contributed by atoms with E-state index < -0.39 is 0 Å². The van der Waals surface area contributed by atoms with Crippen LogP contribution in [0, 0.1) is 11.3 Å². The van der Waals surface area contributed by atoms with Crippen molar-refractivity contribution in [2.75, 3.05) is 36.9 Å². The van der Waals surface area contributed by atoms with Crippen LogP contribution in [0.4, 0.5) is 11.4 Å². The number of carbonyl (C=O) groups excluding carboxylic acids is 1. The Labute approximate surface area is 178 Å². The fourth-order valence-electron chi connectivity index (χ4n) is 5.52. The van der Waals surface area contributed by atoms with Gasteiger partial charge in [0, 0.05) is 37.6 Å². The largest absolute Gasteiger partial charge is 0.395 e. The smallest absolute Gasteiger partial charge is 0.224 e. The number of pyridine rings is 1. The van der Waals surface area contributed by atoms with Gasteiger partial charge in [0.05, 0.1) is 23.5 Å². The fraction of sp³-hybridized carbons (Fsp3) is 0.583. The standard InChI is InChI=1S/C24H34N4O2/c29-15-14-25-12-13-26-21-8-7-20(19-6-3-11-27-23(19)21)28-22(30)17-24-9-1-4-18(16-24)5-2-10-24/h3,6-8,11,18,25-26,29H,1-2,4-5,9-10,12-17H2,(H,28,30). The SMILES string of the molecule is O=C(CC12CCCC(CCC1)C2)Nc1ccc(NCCNCCO)c2ncccc12. The number of hydrogen-bond donors (Lipinski definition) is 4. The Bertz CT molecular complexity index is 859. The number of nitrogens with one attached hydrogen (secondary N) is 3. The molecule has 0 saturated heterocycles. The first-order chi connectivity index (χ1) is 14.7. The van der Waals surface area contributed by atoms with Crippen LogP contribution in [0.5, 0.6) is 0 Å². The van der Waals surface area contributed by atoms with Crippen molar-refractivity contribution >= 4 is 28.2 Å². The lowest BCUT2D eigenvalue weighted by Gasteiger charge is -2.45. The molecule has 2 bridgehead atoms. The summed E-state index contributed by atoms with van der Waals surface area (Å²) < 4.78 is 0. The van der Waals surface area contributed by atoms with Gasteiger partial charge in [-0.2, -0.15) is 0 Å². The van der Waals surface area contributed by atoms with Crippen molar-refractivity contribution in [2.24, 2.45) is 11.3 Å². The molecule has 0 spiro atoms. The Balaban J connectivity index is 1.44. The second-order valence-corrected chi connectivity index (χ2v) is 9.04. The number of aromatic nitrogens is 1. The minimum absolute atomic E-state index is 0.136. The van der Waals surface area contributed by atoms with Gasteiger partial charge in [-0.1, -0.05) is 25.7 Å². The van der Waals surface area contributed by atoms with Gasteiger partial charge in [0.2, 0.25) is 5.91 Å². The summed E-state index contributed by atoms with van der Waals surface area (Å²) in [5.41, 5.74) is 2.88. The first-order valence-electron chi connectivity index (χ1n) is 11.4. The highest BCUT2D eigenvalue weighted by Gasteiger charge is 2.40. The maximum Gasteiger partial charge on any atom is 0.224 e. The molecule has 6 heteroatoms. The number of rotatable bonds is 9. The fourth-order valence-corrected chi connectivity index (χ4v) is 5.52. The van der Waals surface area contributed by atoms with Gasteiger partial charge in [0.1, 0.15) is 0 Å². The zero-order chi connectivity index (χ0) is 20.8. The topological polar surface area (TPSA) is 86.3 Å². The van der Waals surface area contributed by atoms with E-state index in [1.807, 2.05) is 24.3 Å². The van der Waals surface area contributed by atoms with E-state index in [4.69, 9.17) is 5.11 Å². The normalized spacial score (nSPS) is 23.3. The number of benzene rings is 1. The highest BCUT2D eigenvalue weighted by molar-refractivity contribution is 6.05. The second-order valence-electron chi connectivity index (χ2n) is 9.04. The first kappa shape index (κ1) is 21.1. The highest BCUT2D eigenvalue weighted by Crippen LogP contribution is 2.51. The predicted octanol–water partition coefficient (Wildman–Crippen LogP) is 3.92. The van der Waals surface area contributed by atoms with Crippen molar-refractivity contribution in [3.8, 4) is 0 Å². The Hall–Kier alpha value is -2.18. The third-order valence-corrected chi connectivity index (χ3v) is 6.85. The van der Waals surface area contributed by atoms with Gasteiger partial charge in [-0.15, -0.1) is 0 Å². The van der Waals surface area contributed by atoms with Crippen molar-refractivity contribution in [2.45, 2.75) is 51.4 Å². The van der Waals surface area contributed by atoms with Crippen LogP contribution in [-0.2, 0) is 4.79 Å². The minimum atomic E-state index is 0.136. The average Bonchev–Trinajstić information content (AvgIpc) is 2.74. The molecular weight excluding hydrogens is 376 g/mol. The molecule has 4 N–H and O–H groups in total. The number of aliphatic hydroxyl groups excluding tert-OH is 1. The Morgan fingerprint density at radius 1 is 1.10 bits per heavy atom. The Morgan fingerprint density at radius 2 is 1.90 bits per heavy atom. The molecule has 0 unspecified atom stereocenters. The molecule has 1 aromatic heterocycles. The van der Waals surface area contributed by atoms with Gasteiger partial charge in [-0.05, 0) is 54.9 Å². The third-order valence-electron chi connectivity index (χ3n) is 6.85. The lowest BCUT2D eigenvalue weighted by Crippen LogP contribution is -2.36. The first-order valence-corrected chi connectivity index (χ1v) is 11.4. The van der Waals surface area contributed by atoms with Crippen LogP contribution in [0.3, 0.4) is 0 Å². The summed E-state index contributed by atoms with van der Waals surface area (Å²) in [5.74, 6) is 0.971. The third kappa shape index (κ3) is 4.93. The van der Waals surface area contributed by atoms with E-state index in [2.05, 4.69) is 20.9 Å². The predicted molar refractivity (Wildman–Crippen MR) is 122 cm³/mol. The average molecular weight is 411 g/mol. The second kappa shape index (κ2) is 9.75. The van der Waals surface area contributed by atoms with Crippen LogP contribution in [-0.4, -0.2) is 42.2 Å². The summed E-state index contributed by atoms with van der Waals surface area (Å²) in [5, 5.41) is 19.6. The summed E-state index contributed by atoms with van der Waals surface area (Å²) in [6.07, 6.45) is 11.3. The number of aliphatic hydroxyl groups is 1. The van der Waals surface area contributed by atoms with Crippen LogP contribution in [0.15, 0.2) is 30.5 Å². The summed E-state index contributed by atoms with van der Waals surface area (Å²) in [4.78, 5) is 17.6. The number of anilines is 2. The molecule has 2 aromatic rings. The molecule has 2 saturated carbocycles. The molecule has 2 aliphatic carbocycles. The van der Waals surface area contributed by atoms with Gasteiger partial charge in [0.15, 0.2) is 0 Å². The highest BCUT2D eigenvalue weighted by atomic mass is 16.3. The van der Waals surface area contributed by atoms with Crippen LogP contribution < -0.4 is 16.0 Å². The van der Waals surface area contributed by atoms with Crippen molar-refractivity contribution in [3.63, 3.8) is 0 Å². The lowest BCUT2D eigenvalue weighted by atomic mass is 9.60. The molecule has 30 heavy (non-hydrogen) atoms. The molecule has 2 fully saturated rings. The van der Waals surface area contributed by atoms with E-state index in [0.717, 1.165) is 41.3 Å². The number of fused-ring (bicyclic) bond motifs is 3. The molecule has 0 radical (unpaired) electrons. The van der Waals surface area contributed by atoms with E-state index >= 15 is 0 Å². The molecule has 1 amide bonds. The van der Waals surface area contributed by atoms with Gasteiger partial charge < -0.3 is 21.1 Å². The van der Waals surface area contributed by atoms with Crippen LogP contribution in [0.1, 0.15) is 51.4 Å². The zero-order valence-corrected chi connectivity index (χ0v) is 17.8. The molecular formula is C24H34N4O2. The molecule has 162 valence electrons. The van der Waals surface area contributed by atoms with Gasteiger partial charge in [-0.25, -0.2) is 0 Å². The zero-order valence-electron chi connectivity index (χ0n) is 17.8. The molecule has 0 atom stereocenters. The molecule has 0 aliphatic heterocycles. The van der Waals surface area contributed by atoms with E-state index in [9.17, 15) is 4.79 Å². The monoisotopic (exact) mass is 410 g/mol. The van der Waals surface area contributed by atoms with Gasteiger partial charge in [-0.3, -0.25) is 9.78 Å². The summed E-state index contributed by atoms with van der Waals surface area (Å²) >= 11 is 0. The van der Waals surface area contributed by atoms with Crippen molar-refractivity contribution in [1.82, 2.24) is 10.3 Å². The Kier molecular flexibility index (Phi) is 6.85. The summed E-state index contributed by atoms with van der Waals surface area (Å²) in [6.45, 7) is 2.23. The maximum absolute atomic E-state index is 13.0. The van der Waals surface area contributed by atoms with Gasteiger partial charge in [0.25, 0.3) is 0 Å². The van der Waals surface area contributed by atoms with Crippen molar-refractivity contribution in [1.29, 1.82) is 0 Å². The number of amides is 1. The number of hydrogen-bond acceptors (Lipinski definition) is 5. The van der Waals surface area contributed by atoms with E-state index in [1.54, 1.807) is 6.20 Å². The molecule has 2 aliphatic rings. The van der Waals surface area contributed by atoms with Crippen molar-refractivity contribution < 1.29 is 9.90 Å². The molecule has 1 heterocycles. The van der Waals surface area contributed by atoms with Crippen molar-refractivity contribution in [3.05, 3.63) is 30.5 Å². The van der Waals surface area contributed by atoms with Crippen LogP contribution in [0.25, 0.3) is 10.9 Å². The quantitative estimate of drug-likeness (QED) is 0.471. The summed E-state index contributed by atoms with van der Waals surface area (Å²) in [7, 11) is 0. The van der Waals surface area contributed by atoms with E-state index in [0.29, 0.717) is 13.0 Å². The van der Waals surface area contributed by atoms with Crippen LogP contribution in [0.2, 0.25) is 0 Å². The minimum Gasteiger partial charge on any atom is -0.395 e. The maximum atomic E-state index is 13.0. The molecule has 6 nitrogen and oxygen atoms in total. The Morgan fingerprint density at radius 3 is 2.70 bits per heavy atom. The van der Waals surface area contributed by atoms with E-state index in [1.165, 1.54) is 44.9 Å². The molecule has 1 aromatic carbocycles. The number of nitrogens with zero attached hydrogens (tertiary/aromatic N) is 1. The van der Waals surface area contributed by atoms with Gasteiger partial charge >= 0.3 is 0 Å². The van der Waals surface area contributed by atoms with E-state index in [-0.39, 0.29) is 17.9 Å². The molecule has 4 rings (SSSR count).